The molecule has 2 rings (SSSR count). The Morgan fingerprint density at radius 3 is 2.81 bits per heavy atom. The average Bonchev–Trinajstić information content (AvgIpc) is 2.95. The number of aliphatic carboxylic acids is 1. The van der Waals surface area contributed by atoms with E-state index in [1.165, 1.54) is 6.39 Å². The molecule has 110 valence electrons. The van der Waals surface area contributed by atoms with Crippen LogP contribution in [0.3, 0.4) is 0 Å². The molecule has 0 aliphatic heterocycles. The van der Waals surface area contributed by atoms with Gasteiger partial charge < -0.3 is 14.8 Å². The molecule has 0 unspecified atom stereocenters. The second kappa shape index (κ2) is 6.65. The molecule has 0 atom stereocenters. The molecular weight excluding hydrogens is 274 g/mol. The molecule has 2 N–H and O–H groups in total. The fourth-order valence-electron chi connectivity index (χ4n) is 1.80. The first kappa shape index (κ1) is 14.7. The van der Waals surface area contributed by atoms with Gasteiger partial charge in [-0.1, -0.05) is 6.07 Å². The summed E-state index contributed by atoms with van der Waals surface area (Å²) in [6, 6.07) is 5.41. The Labute approximate surface area is 121 Å². The number of hydrogen-bond donors (Lipinski definition) is 2. The maximum atomic E-state index is 11.8. The summed E-state index contributed by atoms with van der Waals surface area (Å²) in [5, 5.41) is 18.7. The highest BCUT2D eigenvalue weighted by molar-refractivity contribution is 5.92. The number of aryl methyl sites for hydroxylation is 1. The number of benzene rings is 1. The molecule has 0 aliphatic rings. The monoisotopic (exact) mass is 289 g/mol. The van der Waals surface area contributed by atoms with Crippen molar-refractivity contribution in [1.29, 1.82) is 0 Å². The van der Waals surface area contributed by atoms with Gasteiger partial charge in [-0.3, -0.25) is 9.59 Å². The van der Waals surface area contributed by atoms with E-state index in [4.69, 9.17) is 9.52 Å². The van der Waals surface area contributed by atoms with E-state index in [9.17, 15) is 9.59 Å². The quantitative estimate of drug-likeness (QED) is 0.844. The van der Waals surface area contributed by atoms with E-state index in [2.05, 4.69) is 15.5 Å². The van der Waals surface area contributed by atoms with Gasteiger partial charge in [-0.15, -0.1) is 10.2 Å². The molecule has 2 aromatic rings. The van der Waals surface area contributed by atoms with Gasteiger partial charge in [0.2, 0.25) is 18.2 Å². The van der Waals surface area contributed by atoms with Crippen LogP contribution in [0.25, 0.3) is 11.5 Å². The van der Waals surface area contributed by atoms with Crippen molar-refractivity contribution in [3.05, 3.63) is 30.2 Å². The zero-order valence-electron chi connectivity index (χ0n) is 11.5. The normalized spacial score (nSPS) is 10.3. The van der Waals surface area contributed by atoms with Crippen molar-refractivity contribution in [2.45, 2.75) is 26.2 Å². The Morgan fingerprint density at radius 2 is 2.14 bits per heavy atom. The molecule has 7 nitrogen and oxygen atoms in total. The summed E-state index contributed by atoms with van der Waals surface area (Å²) in [6.07, 6.45) is 1.69. The lowest BCUT2D eigenvalue weighted by Gasteiger charge is -2.09. The number of anilines is 1. The predicted octanol–water partition coefficient (Wildman–Crippen LogP) is 2.24. The largest absolute Gasteiger partial charge is 0.481 e. The molecule has 0 saturated carbocycles. The molecule has 0 saturated heterocycles. The summed E-state index contributed by atoms with van der Waals surface area (Å²) in [7, 11) is 0. The summed E-state index contributed by atoms with van der Waals surface area (Å²) in [6.45, 7) is 1.87. The SMILES string of the molecule is Cc1ccc(-c2nnco2)cc1NC(=O)CCCC(=O)O. The summed E-state index contributed by atoms with van der Waals surface area (Å²) in [5.41, 5.74) is 2.25. The molecule has 0 bridgehead atoms. The minimum Gasteiger partial charge on any atom is -0.481 e. The van der Waals surface area contributed by atoms with Gasteiger partial charge in [0, 0.05) is 24.1 Å². The van der Waals surface area contributed by atoms with Crippen LogP contribution in [0.5, 0.6) is 0 Å². The van der Waals surface area contributed by atoms with E-state index in [0.717, 1.165) is 5.56 Å². The Balaban J connectivity index is 2.04. The summed E-state index contributed by atoms with van der Waals surface area (Å²) in [5.74, 6) is -0.754. The van der Waals surface area contributed by atoms with Crippen molar-refractivity contribution in [3.63, 3.8) is 0 Å². The lowest BCUT2D eigenvalue weighted by Crippen LogP contribution is -2.12. The zero-order chi connectivity index (χ0) is 15.2. The first-order valence-corrected chi connectivity index (χ1v) is 6.45. The van der Waals surface area contributed by atoms with Crippen molar-refractivity contribution >= 4 is 17.6 Å². The van der Waals surface area contributed by atoms with Crippen LogP contribution in [0.1, 0.15) is 24.8 Å². The van der Waals surface area contributed by atoms with E-state index in [0.29, 0.717) is 23.6 Å². The molecule has 21 heavy (non-hydrogen) atoms. The molecule has 0 fully saturated rings. The third-order valence-electron chi connectivity index (χ3n) is 2.91. The highest BCUT2D eigenvalue weighted by Gasteiger charge is 2.10. The van der Waals surface area contributed by atoms with Gasteiger partial charge in [0.25, 0.3) is 0 Å². The number of carboxylic acids is 1. The smallest absolute Gasteiger partial charge is 0.303 e. The fourth-order valence-corrected chi connectivity index (χ4v) is 1.80. The number of aromatic nitrogens is 2. The Hall–Kier alpha value is -2.70. The van der Waals surface area contributed by atoms with Crippen LogP contribution in [0.4, 0.5) is 5.69 Å². The molecular formula is C14H15N3O4. The molecule has 1 aromatic heterocycles. The molecule has 1 aromatic carbocycles. The molecule has 7 heteroatoms. The number of carboxylic acid groups (broad SMARTS) is 1. The van der Waals surface area contributed by atoms with Gasteiger partial charge >= 0.3 is 5.97 Å². The van der Waals surface area contributed by atoms with Gasteiger partial charge in [0.05, 0.1) is 0 Å². The van der Waals surface area contributed by atoms with Crippen molar-refractivity contribution in [1.82, 2.24) is 10.2 Å². The standard InChI is InChI=1S/C14H15N3O4/c1-9-5-6-10(14-17-15-8-21-14)7-11(9)16-12(18)3-2-4-13(19)20/h5-8H,2-4H2,1H3,(H,16,18)(H,19,20). The first-order chi connectivity index (χ1) is 10.1. The highest BCUT2D eigenvalue weighted by atomic mass is 16.4. The van der Waals surface area contributed by atoms with Crippen LogP contribution >= 0.6 is 0 Å². The van der Waals surface area contributed by atoms with Crippen LogP contribution < -0.4 is 5.32 Å². The molecule has 1 heterocycles. The van der Waals surface area contributed by atoms with E-state index in [-0.39, 0.29) is 18.7 Å². The summed E-state index contributed by atoms with van der Waals surface area (Å²) in [4.78, 5) is 22.2. The van der Waals surface area contributed by atoms with Gasteiger partial charge in [0.15, 0.2) is 0 Å². The van der Waals surface area contributed by atoms with E-state index < -0.39 is 5.97 Å². The zero-order valence-corrected chi connectivity index (χ0v) is 11.5. The van der Waals surface area contributed by atoms with Gasteiger partial charge in [-0.05, 0) is 31.0 Å². The minimum absolute atomic E-state index is 0.0194. The van der Waals surface area contributed by atoms with Gasteiger partial charge in [-0.25, -0.2) is 0 Å². The number of nitrogens with one attached hydrogen (secondary N) is 1. The van der Waals surface area contributed by atoms with E-state index in [1.807, 2.05) is 19.1 Å². The van der Waals surface area contributed by atoms with Crippen LogP contribution in [0.15, 0.2) is 29.0 Å². The third-order valence-corrected chi connectivity index (χ3v) is 2.91. The molecule has 0 radical (unpaired) electrons. The Kier molecular flexibility index (Phi) is 4.65. The van der Waals surface area contributed by atoms with Gasteiger partial charge in [-0.2, -0.15) is 0 Å². The van der Waals surface area contributed by atoms with Crippen molar-refractivity contribution in [3.8, 4) is 11.5 Å². The number of carbonyl (C=O) groups is 2. The second-order valence-corrected chi connectivity index (χ2v) is 4.57. The maximum absolute atomic E-state index is 11.8. The third kappa shape index (κ3) is 4.13. The van der Waals surface area contributed by atoms with Crippen LogP contribution in [0.2, 0.25) is 0 Å². The number of carbonyl (C=O) groups excluding carboxylic acids is 1. The van der Waals surface area contributed by atoms with Gasteiger partial charge in [0.1, 0.15) is 0 Å². The van der Waals surface area contributed by atoms with E-state index >= 15 is 0 Å². The minimum atomic E-state index is -0.905. The maximum Gasteiger partial charge on any atom is 0.303 e. The first-order valence-electron chi connectivity index (χ1n) is 6.45. The highest BCUT2D eigenvalue weighted by Crippen LogP contribution is 2.24. The Bertz CT molecular complexity index is 638. The molecule has 0 spiro atoms. The van der Waals surface area contributed by atoms with E-state index in [1.54, 1.807) is 6.07 Å². The molecule has 0 aliphatic carbocycles. The number of rotatable bonds is 6. The van der Waals surface area contributed by atoms with Crippen molar-refractivity contribution in [2.75, 3.05) is 5.32 Å². The average molecular weight is 289 g/mol. The number of amides is 1. The fraction of sp³-hybridized carbons (Fsp3) is 0.286. The van der Waals surface area contributed by atoms with Crippen LogP contribution in [-0.2, 0) is 9.59 Å². The number of nitrogens with zero attached hydrogens (tertiary/aromatic N) is 2. The predicted molar refractivity (Wildman–Crippen MR) is 74.6 cm³/mol. The lowest BCUT2D eigenvalue weighted by atomic mass is 10.1. The summed E-state index contributed by atoms with van der Waals surface area (Å²) < 4.78 is 5.11. The topological polar surface area (TPSA) is 105 Å². The summed E-state index contributed by atoms with van der Waals surface area (Å²) >= 11 is 0. The lowest BCUT2D eigenvalue weighted by molar-refractivity contribution is -0.137. The Morgan fingerprint density at radius 1 is 1.33 bits per heavy atom. The second-order valence-electron chi connectivity index (χ2n) is 4.57. The van der Waals surface area contributed by atoms with Crippen LogP contribution in [-0.4, -0.2) is 27.2 Å². The van der Waals surface area contributed by atoms with Crippen molar-refractivity contribution < 1.29 is 19.1 Å². The van der Waals surface area contributed by atoms with Crippen LogP contribution in [0, 0.1) is 6.92 Å². The number of hydrogen-bond acceptors (Lipinski definition) is 5. The molecule has 1 amide bonds. The van der Waals surface area contributed by atoms with Crippen molar-refractivity contribution in [2.24, 2.45) is 0 Å².